The third kappa shape index (κ3) is 5.33. The van der Waals surface area contributed by atoms with Gasteiger partial charge < -0.3 is 14.5 Å². The van der Waals surface area contributed by atoms with E-state index < -0.39 is 17.6 Å². The number of fused-ring (bicyclic) bond motifs is 1. The molecule has 42 heavy (non-hydrogen) atoms. The number of hydrogen-bond acceptors (Lipinski definition) is 6. The van der Waals surface area contributed by atoms with Crippen LogP contribution in [0.4, 0.5) is 18.9 Å². The highest BCUT2D eigenvalue weighted by Gasteiger charge is 2.43. The number of piperazine rings is 1. The molecule has 0 N–H and O–H groups in total. The molecule has 3 aromatic rings. The molecule has 3 aliphatic heterocycles. The van der Waals surface area contributed by atoms with Crippen LogP contribution in [-0.4, -0.2) is 76.4 Å². The second-order valence-electron chi connectivity index (χ2n) is 12.4. The van der Waals surface area contributed by atoms with Crippen LogP contribution >= 0.6 is 0 Å². The SMILES string of the molecule is Cc1ncn(CC2(c3cccc(N4Cc5c(cc(CN6CCN(C)CC6C(C)C)cc5C(F)(F)F)C4=O)c3)COC2)n1. The molecule has 2 fully saturated rings. The van der Waals surface area contributed by atoms with Gasteiger partial charge in [0.25, 0.3) is 5.91 Å². The number of aromatic nitrogens is 3. The fraction of sp³-hybridized carbons (Fsp3) is 0.516. The van der Waals surface area contributed by atoms with E-state index in [4.69, 9.17) is 4.74 Å². The van der Waals surface area contributed by atoms with Crippen molar-refractivity contribution >= 4 is 11.6 Å². The minimum atomic E-state index is -4.57. The Morgan fingerprint density at radius 3 is 2.57 bits per heavy atom. The zero-order chi connectivity index (χ0) is 29.8. The summed E-state index contributed by atoms with van der Waals surface area (Å²) in [7, 11) is 2.07. The zero-order valence-corrected chi connectivity index (χ0v) is 24.5. The topological polar surface area (TPSA) is 66.7 Å². The van der Waals surface area contributed by atoms with Crippen LogP contribution in [-0.2, 0) is 36.0 Å². The Labute approximate surface area is 244 Å². The van der Waals surface area contributed by atoms with Gasteiger partial charge in [0.05, 0.1) is 37.3 Å². The molecule has 4 heterocycles. The second-order valence-corrected chi connectivity index (χ2v) is 12.4. The Bertz CT molecular complexity index is 1480. The van der Waals surface area contributed by atoms with E-state index in [1.165, 1.54) is 11.0 Å². The van der Waals surface area contributed by atoms with Crippen LogP contribution in [0, 0.1) is 12.8 Å². The number of benzene rings is 2. The number of alkyl halides is 3. The number of anilines is 1. The summed E-state index contributed by atoms with van der Waals surface area (Å²) < 4.78 is 50.6. The number of aryl methyl sites for hydroxylation is 1. The van der Waals surface area contributed by atoms with Gasteiger partial charge in [-0.2, -0.15) is 18.3 Å². The van der Waals surface area contributed by atoms with Gasteiger partial charge in [0.2, 0.25) is 0 Å². The van der Waals surface area contributed by atoms with Gasteiger partial charge in [-0.3, -0.25) is 14.4 Å². The smallest absolute Gasteiger partial charge is 0.379 e. The largest absolute Gasteiger partial charge is 0.416 e. The molecule has 1 amide bonds. The summed E-state index contributed by atoms with van der Waals surface area (Å²) in [6, 6.07) is 10.7. The molecule has 1 unspecified atom stereocenters. The second kappa shape index (κ2) is 10.8. The monoisotopic (exact) mass is 582 g/mol. The van der Waals surface area contributed by atoms with E-state index in [1.807, 2.05) is 25.1 Å². The number of ether oxygens (including phenoxy) is 1. The van der Waals surface area contributed by atoms with E-state index in [0.29, 0.717) is 49.3 Å². The van der Waals surface area contributed by atoms with Gasteiger partial charge in [-0.1, -0.05) is 26.0 Å². The van der Waals surface area contributed by atoms with Crippen LogP contribution in [0.1, 0.15) is 52.3 Å². The van der Waals surface area contributed by atoms with E-state index in [2.05, 4.69) is 40.8 Å². The van der Waals surface area contributed by atoms with E-state index in [9.17, 15) is 18.0 Å². The molecule has 0 saturated carbocycles. The Hall–Kier alpha value is -3.28. The van der Waals surface area contributed by atoms with Crippen molar-refractivity contribution in [2.45, 2.75) is 58.0 Å². The van der Waals surface area contributed by atoms with Crippen molar-refractivity contribution in [1.82, 2.24) is 24.6 Å². The minimum absolute atomic E-state index is 0.0419. The lowest BCUT2D eigenvalue weighted by Crippen LogP contribution is -2.53. The Morgan fingerprint density at radius 2 is 1.93 bits per heavy atom. The van der Waals surface area contributed by atoms with Crippen molar-refractivity contribution in [2.75, 3.05) is 44.8 Å². The van der Waals surface area contributed by atoms with E-state index in [0.717, 1.165) is 25.2 Å². The first kappa shape index (κ1) is 28.8. The normalized spacial score (nSPS) is 21.2. The highest BCUT2D eigenvalue weighted by atomic mass is 19.4. The third-order valence-electron chi connectivity index (χ3n) is 8.94. The first-order chi connectivity index (χ1) is 19.9. The lowest BCUT2D eigenvalue weighted by molar-refractivity contribution is -0.138. The standard InChI is InChI=1S/C31H37F3N6O2/c1-20(2)28-15-37(4)8-9-38(28)13-22-10-25-26(27(11-22)31(32,33)34)14-40(29(25)41)24-7-5-6-23(12-24)30(17-42-18-30)16-39-19-35-21(3)36-39/h5-7,10-12,19-20,28H,8-9,13-18H2,1-4H3. The molecule has 0 spiro atoms. The van der Waals surface area contributed by atoms with Gasteiger partial charge >= 0.3 is 6.18 Å². The molecule has 0 radical (unpaired) electrons. The number of nitrogens with zero attached hydrogens (tertiary/aromatic N) is 6. The van der Waals surface area contributed by atoms with Crippen LogP contribution in [0.15, 0.2) is 42.7 Å². The van der Waals surface area contributed by atoms with Crippen molar-refractivity contribution in [2.24, 2.45) is 5.92 Å². The summed E-state index contributed by atoms with van der Waals surface area (Å²) in [6.07, 6.45) is -2.89. The first-order valence-corrected chi connectivity index (χ1v) is 14.5. The summed E-state index contributed by atoms with van der Waals surface area (Å²) in [4.78, 5) is 24.0. The lowest BCUT2D eigenvalue weighted by Gasteiger charge is -2.42. The summed E-state index contributed by atoms with van der Waals surface area (Å²) >= 11 is 0. The molecular weight excluding hydrogens is 545 g/mol. The van der Waals surface area contributed by atoms with Crippen molar-refractivity contribution < 1.29 is 22.7 Å². The maximum absolute atomic E-state index is 14.4. The van der Waals surface area contributed by atoms with Gasteiger partial charge in [-0.05, 0) is 60.8 Å². The predicted octanol–water partition coefficient (Wildman–Crippen LogP) is 4.51. The molecule has 2 saturated heterocycles. The van der Waals surface area contributed by atoms with Gasteiger partial charge in [0.15, 0.2) is 0 Å². The van der Waals surface area contributed by atoms with E-state index >= 15 is 0 Å². The molecule has 6 rings (SSSR count). The van der Waals surface area contributed by atoms with Crippen LogP contribution in [0.5, 0.6) is 0 Å². The van der Waals surface area contributed by atoms with Crippen molar-refractivity contribution in [1.29, 1.82) is 0 Å². The number of carbonyl (C=O) groups is 1. The van der Waals surface area contributed by atoms with Crippen LogP contribution < -0.4 is 4.90 Å². The molecule has 2 aromatic carbocycles. The summed E-state index contributed by atoms with van der Waals surface area (Å²) in [6.45, 7) is 10.4. The number of hydrogen-bond donors (Lipinski definition) is 0. The minimum Gasteiger partial charge on any atom is -0.379 e. The molecule has 11 heteroatoms. The number of carbonyl (C=O) groups excluding carboxylic acids is 1. The third-order valence-corrected chi connectivity index (χ3v) is 8.94. The highest BCUT2D eigenvalue weighted by molar-refractivity contribution is 6.10. The van der Waals surface area contributed by atoms with Gasteiger partial charge in [-0.25, -0.2) is 4.98 Å². The first-order valence-electron chi connectivity index (χ1n) is 14.5. The Kier molecular flexibility index (Phi) is 7.39. The average Bonchev–Trinajstić information content (AvgIpc) is 3.48. The molecule has 224 valence electrons. The number of halogens is 3. The van der Waals surface area contributed by atoms with E-state index in [1.54, 1.807) is 23.1 Å². The summed E-state index contributed by atoms with van der Waals surface area (Å²) in [5.74, 6) is 0.623. The van der Waals surface area contributed by atoms with Crippen molar-refractivity contribution in [3.8, 4) is 0 Å². The van der Waals surface area contributed by atoms with Crippen molar-refractivity contribution in [3.63, 3.8) is 0 Å². The zero-order valence-electron chi connectivity index (χ0n) is 24.5. The van der Waals surface area contributed by atoms with Crippen molar-refractivity contribution in [3.05, 3.63) is 76.4 Å². The lowest BCUT2D eigenvalue weighted by atomic mass is 9.78. The molecular formula is C31H37F3N6O2. The number of rotatable bonds is 7. The fourth-order valence-electron chi connectivity index (χ4n) is 6.55. The van der Waals surface area contributed by atoms with Gasteiger partial charge in [0, 0.05) is 43.5 Å². The molecule has 3 aliphatic rings. The highest BCUT2D eigenvalue weighted by Crippen LogP contribution is 2.41. The Morgan fingerprint density at radius 1 is 1.14 bits per heavy atom. The summed E-state index contributed by atoms with van der Waals surface area (Å²) in [5, 5.41) is 4.42. The molecule has 1 atom stereocenters. The maximum atomic E-state index is 14.4. The van der Waals surface area contributed by atoms with Crippen LogP contribution in [0.3, 0.4) is 0 Å². The Balaban J connectivity index is 1.30. The fourth-order valence-corrected chi connectivity index (χ4v) is 6.55. The van der Waals surface area contributed by atoms with Crippen LogP contribution in [0.25, 0.3) is 0 Å². The average molecular weight is 583 g/mol. The molecule has 1 aromatic heterocycles. The number of likely N-dealkylation sites (N-methyl/N-ethyl adjacent to an activating group) is 1. The van der Waals surface area contributed by atoms with Crippen LogP contribution in [0.2, 0.25) is 0 Å². The molecule has 0 aliphatic carbocycles. The van der Waals surface area contributed by atoms with Gasteiger partial charge in [0.1, 0.15) is 12.2 Å². The molecule has 0 bridgehead atoms. The maximum Gasteiger partial charge on any atom is 0.416 e. The van der Waals surface area contributed by atoms with Gasteiger partial charge in [-0.15, -0.1) is 0 Å². The van der Waals surface area contributed by atoms with E-state index in [-0.39, 0.29) is 29.1 Å². The quantitative estimate of drug-likeness (QED) is 0.409. The number of amides is 1. The summed E-state index contributed by atoms with van der Waals surface area (Å²) in [5.41, 5.74) is 1.15. The predicted molar refractivity (Wildman–Crippen MR) is 152 cm³/mol. The molecule has 8 nitrogen and oxygen atoms in total.